The average Bonchev–Trinajstić information content (AvgIpc) is 2.96. The van der Waals surface area contributed by atoms with Crippen LogP contribution in [0.1, 0.15) is 31.7 Å². The molecule has 0 radical (unpaired) electrons. The number of carboxylic acids is 1. The van der Waals surface area contributed by atoms with Gasteiger partial charge >= 0.3 is 5.97 Å². The van der Waals surface area contributed by atoms with Gasteiger partial charge in [0.1, 0.15) is 12.4 Å². The molecule has 3 rings (SSSR count). The molecule has 0 fully saturated rings. The second kappa shape index (κ2) is 10.7. The largest absolute Gasteiger partial charge is 0.491 e. The smallest absolute Gasteiger partial charge is 0.331 e. The van der Waals surface area contributed by atoms with E-state index in [0.29, 0.717) is 24.5 Å². The first-order chi connectivity index (χ1) is 15.3. The number of nitrogens with zero attached hydrogens (tertiary/aromatic N) is 1. The molecule has 0 amide bonds. The van der Waals surface area contributed by atoms with Crippen LogP contribution in [-0.2, 0) is 19.6 Å². The maximum absolute atomic E-state index is 12.3. The summed E-state index contributed by atoms with van der Waals surface area (Å²) in [5, 5.41) is 9.47. The third kappa shape index (κ3) is 6.11. The highest BCUT2D eigenvalue weighted by Crippen LogP contribution is 2.34. The summed E-state index contributed by atoms with van der Waals surface area (Å²) < 4.78 is 37.0. The third-order valence-electron chi connectivity index (χ3n) is 5.21. The van der Waals surface area contributed by atoms with Crippen LogP contribution in [0.15, 0.2) is 48.0 Å². The maximum Gasteiger partial charge on any atom is 0.331 e. The van der Waals surface area contributed by atoms with Crippen LogP contribution in [0.5, 0.6) is 5.75 Å². The Labute approximate surface area is 189 Å². The lowest BCUT2D eigenvalue weighted by atomic mass is 10.0. The quantitative estimate of drug-likeness (QED) is 0.536. The van der Waals surface area contributed by atoms with Crippen LogP contribution >= 0.6 is 0 Å². The Morgan fingerprint density at radius 2 is 1.78 bits per heavy atom. The highest BCUT2D eigenvalue weighted by Gasteiger charge is 2.25. The number of anilines is 1. The van der Waals surface area contributed by atoms with Crippen LogP contribution in [0.4, 0.5) is 5.69 Å². The molecule has 0 spiro atoms. The number of unbranched alkanes of at least 4 members (excludes halogenated alkanes) is 1. The zero-order valence-electron chi connectivity index (χ0n) is 18.4. The molecule has 2 aromatic carbocycles. The van der Waals surface area contributed by atoms with Gasteiger partial charge in [-0.25, -0.2) is 13.2 Å². The van der Waals surface area contributed by atoms with Gasteiger partial charge in [-0.2, -0.15) is 0 Å². The summed E-state index contributed by atoms with van der Waals surface area (Å²) in [6, 6.07) is 13.0. The van der Waals surface area contributed by atoms with Gasteiger partial charge in [-0.05, 0) is 59.9 Å². The zero-order valence-corrected chi connectivity index (χ0v) is 19.2. The SMILES string of the molecule is CCCCOCCOc1ccc(-c2ccc3c(c2)C=C(C(=O)O)CCN3S(C)(=O)=O)cc1. The number of rotatable bonds is 10. The third-order valence-corrected chi connectivity index (χ3v) is 6.39. The summed E-state index contributed by atoms with van der Waals surface area (Å²) in [5.41, 5.74) is 3.00. The van der Waals surface area contributed by atoms with Crippen molar-refractivity contribution in [1.82, 2.24) is 0 Å². The molecule has 0 aliphatic carbocycles. The van der Waals surface area contributed by atoms with Crippen molar-refractivity contribution >= 4 is 27.8 Å². The molecule has 7 nitrogen and oxygen atoms in total. The second-order valence-corrected chi connectivity index (χ2v) is 9.58. The van der Waals surface area contributed by atoms with Gasteiger partial charge in [-0.15, -0.1) is 0 Å². The zero-order chi connectivity index (χ0) is 23.1. The Hall–Kier alpha value is -2.84. The van der Waals surface area contributed by atoms with E-state index >= 15 is 0 Å². The normalized spacial score (nSPS) is 13.8. The van der Waals surface area contributed by atoms with Gasteiger partial charge in [-0.1, -0.05) is 31.5 Å². The molecule has 172 valence electrons. The second-order valence-electron chi connectivity index (χ2n) is 7.67. The Morgan fingerprint density at radius 3 is 2.44 bits per heavy atom. The number of sulfonamides is 1. The lowest BCUT2D eigenvalue weighted by molar-refractivity contribution is -0.132. The van der Waals surface area contributed by atoms with Gasteiger partial charge in [0, 0.05) is 18.7 Å². The van der Waals surface area contributed by atoms with Crippen LogP contribution in [0.2, 0.25) is 0 Å². The average molecular weight is 460 g/mol. The highest BCUT2D eigenvalue weighted by atomic mass is 32.2. The Balaban J connectivity index is 1.79. The van der Waals surface area contributed by atoms with E-state index < -0.39 is 16.0 Å². The number of hydrogen-bond acceptors (Lipinski definition) is 5. The lowest BCUT2D eigenvalue weighted by Crippen LogP contribution is -2.31. The van der Waals surface area contributed by atoms with Crippen molar-refractivity contribution in [3.63, 3.8) is 0 Å². The molecule has 32 heavy (non-hydrogen) atoms. The van der Waals surface area contributed by atoms with E-state index in [2.05, 4.69) is 6.92 Å². The van der Waals surface area contributed by atoms with Gasteiger partial charge in [0.25, 0.3) is 0 Å². The molecule has 8 heteroatoms. The van der Waals surface area contributed by atoms with Crippen LogP contribution in [-0.4, -0.2) is 52.1 Å². The summed E-state index contributed by atoms with van der Waals surface area (Å²) in [5.74, 6) is -0.309. The number of carboxylic acid groups (broad SMARTS) is 1. The van der Waals surface area contributed by atoms with Crippen molar-refractivity contribution in [2.45, 2.75) is 26.2 Å². The van der Waals surface area contributed by atoms with Gasteiger partial charge in [0.05, 0.1) is 18.6 Å². The molecule has 0 saturated heterocycles. The van der Waals surface area contributed by atoms with Crippen molar-refractivity contribution < 1.29 is 27.8 Å². The summed E-state index contributed by atoms with van der Waals surface area (Å²) in [7, 11) is -3.53. The van der Waals surface area contributed by atoms with Crippen LogP contribution in [0.25, 0.3) is 17.2 Å². The fraction of sp³-hybridized carbons (Fsp3) is 0.375. The minimum absolute atomic E-state index is 0.0947. The fourth-order valence-electron chi connectivity index (χ4n) is 3.50. The van der Waals surface area contributed by atoms with E-state index in [-0.39, 0.29) is 18.5 Å². The van der Waals surface area contributed by atoms with Gasteiger partial charge in [0.15, 0.2) is 0 Å². The maximum atomic E-state index is 12.3. The molecule has 1 heterocycles. The predicted octanol–water partition coefficient (Wildman–Crippen LogP) is 4.19. The summed E-state index contributed by atoms with van der Waals surface area (Å²) in [6.07, 6.45) is 4.97. The first kappa shape index (κ1) is 23.8. The number of aliphatic carboxylic acids is 1. The number of fused-ring (bicyclic) bond motifs is 1. The summed E-state index contributed by atoms with van der Waals surface area (Å²) in [4.78, 5) is 11.6. The van der Waals surface area contributed by atoms with Crippen molar-refractivity contribution in [2.24, 2.45) is 0 Å². The number of carbonyl (C=O) groups is 1. The van der Waals surface area contributed by atoms with Crippen molar-refractivity contribution in [2.75, 3.05) is 36.9 Å². The number of ether oxygens (including phenoxy) is 2. The molecule has 0 saturated carbocycles. The van der Waals surface area contributed by atoms with Crippen molar-refractivity contribution in [3.8, 4) is 16.9 Å². The van der Waals surface area contributed by atoms with Gasteiger partial charge < -0.3 is 14.6 Å². The number of hydrogen-bond donors (Lipinski definition) is 1. The van der Waals surface area contributed by atoms with E-state index in [4.69, 9.17) is 9.47 Å². The minimum atomic E-state index is -3.53. The van der Waals surface area contributed by atoms with Crippen molar-refractivity contribution in [3.05, 3.63) is 53.6 Å². The number of benzene rings is 2. The van der Waals surface area contributed by atoms with E-state index in [1.165, 1.54) is 4.31 Å². The monoisotopic (exact) mass is 459 g/mol. The van der Waals surface area contributed by atoms with Crippen LogP contribution in [0.3, 0.4) is 0 Å². The Bertz CT molecular complexity index is 1080. The molecule has 0 unspecified atom stereocenters. The predicted molar refractivity (Wildman–Crippen MR) is 126 cm³/mol. The molecule has 0 aromatic heterocycles. The van der Waals surface area contributed by atoms with Crippen LogP contribution in [0, 0.1) is 0 Å². The molecule has 1 N–H and O–H groups in total. The first-order valence-electron chi connectivity index (χ1n) is 10.7. The molecule has 1 aliphatic rings. The van der Waals surface area contributed by atoms with E-state index in [9.17, 15) is 18.3 Å². The Kier molecular flexibility index (Phi) is 7.93. The Morgan fingerprint density at radius 1 is 1.06 bits per heavy atom. The van der Waals surface area contributed by atoms with Crippen LogP contribution < -0.4 is 9.04 Å². The fourth-order valence-corrected chi connectivity index (χ4v) is 4.45. The van der Waals surface area contributed by atoms with E-state index in [1.807, 2.05) is 36.4 Å². The summed E-state index contributed by atoms with van der Waals surface area (Å²) in [6.45, 7) is 3.98. The van der Waals surface area contributed by atoms with E-state index in [1.54, 1.807) is 12.1 Å². The first-order valence-corrected chi connectivity index (χ1v) is 12.5. The molecular weight excluding hydrogens is 430 g/mol. The highest BCUT2D eigenvalue weighted by molar-refractivity contribution is 7.92. The molecule has 2 aromatic rings. The summed E-state index contributed by atoms with van der Waals surface area (Å²) >= 11 is 0. The lowest BCUT2D eigenvalue weighted by Gasteiger charge is -2.22. The molecule has 0 atom stereocenters. The molecule has 0 bridgehead atoms. The van der Waals surface area contributed by atoms with Gasteiger partial charge in [0.2, 0.25) is 10.0 Å². The van der Waals surface area contributed by atoms with Crippen molar-refractivity contribution in [1.29, 1.82) is 0 Å². The molecule has 1 aliphatic heterocycles. The molecular formula is C24H29NO6S. The topological polar surface area (TPSA) is 93.1 Å². The van der Waals surface area contributed by atoms with E-state index in [0.717, 1.165) is 42.6 Å². The minimum Gasteiger partial charge on any atom is -0.491 e. The standard InChI is InChI=1S/C24H29NO6S/c1-3-4-13-30-14-15-31-22-8-5-18(6-9-22)19-7-10-23-21(16-19)17-20(24(26)27)11-12-25(23)32(2,28)29/h5-10,16-17H,3-4,11-15H2,1-2H3,(H,26,27). The van der Waals surface area contributed by atoms with Gasteiger partial charge in [-0.3, -0.25) is 4.31 Å².